The Hall–Kier alpha value is -2.27. The number of fused-ring (bicyclic) bond motifs is 1. The van der Waals surface area contributed by atoms with Gasteiger partial charge in [-0.05, 0) is 80.8 Å². The maximum atomic E-state index is 13.8. The Kier molecular flexibility index (Phi) is 10.4. The molecule has 0 radical (unpaired) electrons. The summed E-state index contributed by atoms with van der Waals surface area (Å²) in [5.74, 6) is -0.0227. The minimum Gasteiger partial charge on any atom is -0.339 e. The van der Waals surface area contributed by atoms with Crippen molar-refractivity contribution in [2.45, 2.75) is 77.7 Å². The molecule has 1 unspecified atom stereocenters. The number of nitrogens with zero attached hydrogens (tertiary/aromatic N) is 3. The third-order valence-electron chi connectivity index (χ3n) is 7.76. The fourth-order valence-electron chi connectivity index (χ4n) is 5.76. The normalized spacial score (nSPS) is 18.4. The smallest absolute Gasteiger partial charge is 0.257 e. The van der Waals surface area contributed by atoms with E-state index in [-0.39, 0.29) is 16.7 Å². The largest absolute Gasteiger partial charge is 0.339 e. The molecule has 0 bridgehead atoms. The van der Waals surface area contributed by atoms with Gasteiger partial charge in [-0.3, -0.25) is 14.5 Å². The molecule has 3 heterocycles. The highest BCUT2D eigenvalue weighted by Crippen LogP contribution is 2.38. The second-order valence-corrected chi connectivity index (χ2v) is 14.2. The highest BCUT2D eigenvalue weighted by atomic mass is 32.2. The van der Waals surface area contributed by atoms with Crippen LogP contribution in [-0.4, -0.2) is 73.6 Å². The van der Waals surface area contributed by atoms with Crippen LogP contribution in [0.5, 0.6) is 0 Å². The molecule has 4 rings (SSSR count). The van der Waals surface area contributed by atoms with Crippen molar-refractivity contribution in [3.63, 3.8) is 0 Å². The van der Waals surface area contributed by atoms with Crippen LogP contribution in [0.25, 0.3) is 0 Å². The SMILES string of the molecule is CCCN1CCc2c(sc(NC(=O)c3ccc(S(=O)(=O)N4CCCC(C)C4)cc3)c2C(=O)N(CCC)CCC)C1. The van der Waals surface area contributed by atoms with Gasteiger partial charge in [0.15, 0.2) is 0 Å². The maximum Gasteiger partial charge on any atom is 0.257 e. The number of hydrogen-bond acceptors (Lipinski definition) is 6. The first-order valence-corrected chi connectivity index (χ1v) is 17.0. The predicted octanol–water partition coefficient (Wildman–Crippen LogP) is 5.45. The van der Waals surface area contributed by atoms with Crippen LogP contribution >= 0.6 is 11.3 Å². The monoisotopic (exact) mass is 588 g/mol. The average molecular weight is 589 g/mol. The summed E-state index contributed by atoms with van der Waals surface area (Å²) in [5.41, 5.74) is 2.05. The topological polar surface area (TPSA) is 90.0 Å². The molecule has 2 amide bonds. The number of hydrogen-bond donors (Lipinski definition) is 1. The lowest BCUT2D eigenvalue weighted by molar-refractivity contribution is 0.0755. The van der Waals surface area contributed by atoms with Crippen LogP contribution < -0.4 is 5.32 Å². The summed E-state index contributed by atoms with van der Waals surface area (Å²) >= 11 is 1.50. The first-order chi connectivity index (χ1) is 19.2. The molecule has 10 heteroatoms. The van der Waals surface area contributed by atoms with Crippen molar-refractivity contribution in [1.29, 1.82) is 0 Å². The van der Waals surface area contributed by atoms with Crippen LogP contribution in [0, 0.1) is 5.92 Å². The second kappa shape index (κ2) is 13.6. The van der Waals surface area contributed by atoms with Gasteiger partial charge in [-0.2, -0.15) is 4.31 Å². The number of carbonyl (C=O) groups excluding carboxylic acids is 2. The van der Waals surface area contributed by atoms with Crippen LogP contribution in [-0.2, 0) is 23.0 Å². The molecule has 8 nitrogen and oxygen atoms in total. The van der Waals surface area contributed by atoms with E-state index in [1.54, 1.807) is 16.4 Å². The zero-order chi connectivity index (χ0) is 28.9. The van der Waals surface area contributed by atoms with E-state index in [1.165, 1.54) is 23.5 Å². The van der Waals surface area contributed by atoms with Crippen molar-refractivity contribution in [3.05, 3.63) is 45.8 Å². The Morgan fingerprint density at radius 2 is 1.75 bits per heavy atom. The van der Waals surface area contributed by atoms with Crippen molar-refractivity contribution in [2.24, 2.45) is 5.92 Å². The Morgan fingerprint density at radius 3 is 2.38 bits per heavy atom. The fourth-order valence-corrected chi connectivity index (χ4v) is 8.63. The van der Waals surface area contributed by atoms with E-state index in [2.05, 4.69) is 37.9 Å². The van der Waals surface area contributed by atoms with Crippen LogP contribution in [0.2, 0.25) is 0 Å². The lowest BCUT2D eigenvalue weighted by atomic mass is 10.0. The van der Waals surface area contributed by atoms with E-state index in [9.17, 15) is 18.0 Å². The van der Waals surface area contributed by atoms with Crippen molar-refractivity contribution >= 4 is 38.2 Å². The summed E-state index contributed by atoms with van der Waals surface area (Å²) in [6, 6.07) is 6.16. The third kappa shape index (κ3) is 6.78. The zero-order valence-corrected chi connectivity index (χ0v) is 26.0. The molecular formula is C30H44N4O4S2. The van der Waals surface area contributed by atoms with Crippen molar-refractivity contribution in [1.82, 2.24) is 14.1 Å². The molecular weight excluding hydrogens is 544 g/mol. The van der Waals surface area contributed by atoms with Gasteiger partial charge < -0.3 is 10.2 Å². The Labute approximate surface area is 243 Å². The Bertz CT molecular complexity index is 1280. The van der Waals surface area contributed by atoms with Gasteiger partial charge in [0, 0.05) is 49.7 Å². The summed E-state index contributed by atoms with van der Waals surface area (Å²) in [5, 5.41) is 3.62. The number of benzene rings is 1. The van der Waals surface area contributed by atoms with Gasteiger partial charge in [-0.1, -0.05) is 27.7 Å². The molecule has 2 aliphatic rings. The van der Waals surface area contributed by atoms with Crippen molar-refractivity contribution in [2.75, 3.05) is 44.6 Å². The first kappa shape index (κ1) is 30.7. The van der Waals surface area contributed by atoms with E-state index in [4.69, 9.17) is 0 Å². The number of nitrogens with one attached hydrogen (secondary N) is 1. The quantitative estimate of drug-likeness (QED) is 0.377. The zero-order valence-electron chi connectivity index (χ0n) is 24.4. The maximum absolute atomic E-state index is 13.8. The average Bonchev–Trinajstić information content (AvgIpc) is 3.29. The van der Waals surface area contributed by atoms with E-state index in [1.807, 2.05) is 4.90 Å². The molecule has 40 heavy (non-hydrogen) atoms. The van der Waals surface area contributed by atoms with Gasteiger partial charge in [0.05, 0.1) is 10.5 Å². The van der Waals surface area contributed by atoms with Gasteiger partial charge in [0.2, 0.25) is 10.0 Å². The number of amides is 2. The van der Waals surface area contributed by atoms with Crippen molar-refractivity contribution < 1.29 is 18.0 Å². The molecule has 1 fully saturated rings. The molecule has 1 N–H and O–H groups in total. The van der Waals surface area contributed by atoms with Crippen LogP contribution in [0.15, 0.2) is 29.2 Å². The number of rotatable bonds is 11. The summed E-state index contributed by atoms with van der Waals surface area (Å²) in [4.78, 5) is 32.9. The third-order valence-corrected chi connectivity index (χ3v) is 10.8. The fraction of sp³-hybridized carbons (Fsp3) is 0.600. The second-order valence-electron chi connectivity index (χ2n) is 11.1. The molecule has 2 aromatic rings. The predicted molar refractivity (Wildman–Crippen MR) is 162 cm³/mol. The first-order valence-electron chi connectivity index (χ1n) is 14.8. The highest BCUT2D eigenvalue weighted by Gasteiger charge is 2.32. The van der Waals surface area contributed by atoms with E-state index in [0.29, 0.717) is 48.2 Å². The van der Waals surface area contributed by atoms with Gasteiger partial charge in [-0.25, -0.2) is 8.42 Å². The molecule has 2 aliphatic heterocycles. The van der Waals surface area contributed by atoms with Crippen molar-refractivity contribution in [3.8, 4) is 0 Å². The molecule has 1 saturated heterocycles. The van der Waals surface area contributed by atoms with Crippen LogP contribution in [0.4, 0.5) is 5.00 Å². The Morgan fingerprint density at radius 1 is 1.05 bits per heavy atom. The van der Waals surface area contributed by atoms with Gasteiger partial charge in [-0.15, -0.1) is 11.3 Å². The molecule has 220 valence electrons. The number of thiophene rings is 1. The minimum atomic E-state index is -3.60. The summed E-state index contributed by atoms with van der Waals surface area (Å²) < 4.78 is 27.9. The number of anilines is 1. The standard InChI is InChI=1S/C30H44N4O4S2/c1-5-15-32-19-14-25-26(21-32)39-29(27(25)30(36)33(16-6-2)17-7-3)31-28(35)23-10-12-24(13-11-23)40(37,38)34-18-8-9-22(4)20-34/h10-13,22H,5-9,14-21H2,1-4H3,(H,31,35). The molecule has 0 spiro atoms. The van der Waals surface area contributed by atoms with Gasteiger partial charge >= 0.3 is 0 Å². The summed E-state index contributed by atoms with van der Waals surface area (Å²) in [6.45, 7) is 13.5. The molecule has 1 atom stereocenters. The summed E-state index contributed by atoms with van der Waals surface area (Å²) in [6.07, 6.45) is 5.49. The Balaban J connectivity index is 1.59. The van der Waals surface area contributed by atoms with E-state index >= 15 is 0 Å². The van der Waals surface area contributed by atoms with Crippen LogP contribution in [0.1, 0.15) is 91.0 Å². The van der Waals surface area contributed by atoms with Gasteiger partial charge in [0.1, 0.15) is 5.00 Å². The lowest BCUT2D eigenvalue weighted by Crippen LogP contribution is -2.39. The van der Waals surface area contributed by atoms with E-state index < -0.39 is 10.0 Å². The molecule has 1 aromatic heterocycles. The minimum absolute atomic E-state index is 0.0161. The number of carbonyl (C=O) groups is 2. The molecule has 0 saturated carbocycles. The lowest BCUT2D eigenvalue weighted by Gasteiger charge is -2.30. The number of piperidine rings is 1. The summed E-state index contributed by atoms with van der Waals surface area (Å²) in [7, 11) is -3.60. The molecule has 1 aromatic carbocycles. The van der Waals surface area contributed by atoms with Gasteiger partial charge in [0.25, 0.3) is 11.8 Å². The number of sulfonamides is 1. The highest BCUT2D eigenvalue weighted by molar-refractivity contribution is 7.89. The van der Waals surface area contributed by atoms with E-state index in [0.717, 1.165) is 68.6 Å². The molecule has 0 aliphatic carbocycles. The van der Waals surface area contributed by atoms with Crippen LogP contribution in [0.3, 0.4) is 0 Å².